The van der Waals surface area contributed by atoms with Gasteiger partial charge in [-0.1, -0.05) is 13.8 Å². The van der Waals surface area contributed by atoms with Crippen LogP contribution in [0.25, 0.3) is 0 Å². The summed E-state index contributed by atoms with van der Waals surface area (Å²) in [6.45, 7) is 9.44. The van der Waals surface area contributed by atoms with E-state index in [-0.39, 0.29) is 6.03 Å². The van der Waals surface area contributed by atoms with Crippen LogP contribution >= 0.6 is 0 Å². The van der Waals surface area contributed by atoms with Crippen molar-refractivity contribution in [2.24, 2.45) is 5.92 Å². The second-order valence-corrected chi connectivity index (χ2v) is 5.81. The molecule has 2 rings (SSSR count). The van der Waals surface area contributed by atoms with E-state index in [2.05, 4.69) is 41.0 Å². The first-order chi connectivity index (χ1) is 9.58. The van der Waals surface area contributed by atoms with Crippen LogP contribution in [0.15, 0.2) is 18.7 Å². The first kappa shape index (κ1) is 15.0. The molecule has 0 spiro atoms. The second kappa shape index (κ2) is 6.85. The maximum absolute atomic E-state index is 12.0. The molecule has 1 amide bonds. The third-order valence-electron chi connectivity index (χ3n) is 3.98. The average molecular weight is 279 g/mol. The summed E-state index contributed by atoms with van der Waals surface area (Å²) < 4.78 is 1.47. The molecule has 0 aromatic carbocycles. The number of imidazole rings is 1. The fourth-order valence-electron chi connectivity index (χ4n) is 2.60. The Bertz CT molecular complexity index is 409. The van der Waals surface area contributed by atoms with E-state index in [0.29, 0.717) is 18.5 Å². The summed E-state index contributed by atoms with van der Waals surface area (Å²) >= 11 is 0. The van der Waals surface area contributed by atoms with Crippen molar-refractivity contribution in [2.45, 2.75) is 19.9 Å². The minimum absolute atomic E-state index is 0.109. The van der Waals surface area contributed by atoms with E-state index in [1.165, 1.54) is 10.9 Å². The van der Waals surface area contributed by atoms with Gasteiger partial charge in [0.1, 0.15) is 6.33 Å². The van der Waals surface area contributed by atoms with Gasteiger partial charge in [0.15, 0.2) is 0 Å². The first-order valence-electron chi connectivity index (χ1n) is 7.26. The monoisotopic (exact) mass is 279 g/mol. The molecule has 0 bridgehead atoms. The summed E-state index contributed by atoms with van der Waals surface area (Å²) in [5, 5.41) is 3.00. The predicted molar refractivity (Wildman–Crippen MR) is 78.7 cm³/mol. The SMILES string of the molecule is CC(C)C(CNC(=O)n1ccnc1)N1CCN(C)CC1. The number of amides is 1. The number of aromatic nitrogens is 2. The van der Waals surface area contributed by atoms with E-state index in [9.17, 15) is 4.79 Å². The van der Waals surface area contributed by atoms with Gasteiger partial charge >= 0.3 is 6.03 Å². The smallest absolute Gasteiger partial charge is 0.326 e. The highest BCUT2D eigenvalue weighted by atomic mass is 16.2. The number of likely N-dealkylation sites (N-methyl/N-ethyl adjacent to an activating group) is 1. The van der Waals surface area contributed by atoms with E-state index < -0.39 is 0 Å². The number of hydrogen-bond donors (Lipinski definition) is 1. The van der Waals surface area contributed by atoms with Gasteiger partial charge < -0.3 is 10.2 Å². The largest absolute Gasteiger partial charge is 0.336 e. The van der Waals surface area contributed by atoms with Crippen LogP contribution in [0.1, 0.15) is 13.8 Å². The summed E-state index contributed by atoms with van der Waals surface area (Å²) in [7, 11) is 2.16. The van der Waals surface area contributed by atoms with Crippen LogP contribution in [0.2, 0.25) is 0 Å². The molecule has 1 aromatic rings. The Hall–Kier alpha value is -1.40. The highest BCUT2D eigenvalue weighted by molar-refractivity contribution is 5.76. The van der Waals surface area contributed by atoms with Crippen LogP contribution in [0.5, 0.6) is 0 Å². The Labute approximate surface area is 120 Å². The number of rotatable bonds is 4. The molecular formula is C14H25N5O. The fourth-order valence-corrected chi connectivity index (χ4v) is 2.60. The molecule has 1 aliphatic heterocycles. The molecule has 6 nitrogen and oxygen atoms in total. The predicted octanol–water partition coefficient (Wildman–Crippen LogP) is 0.713. The molecule has 1 saturated heterocycles. The standard InChI is InChI=1S/C14H25N5O/c1-12(2)13(18-8-6-17(3)7-9-18)10-16-14(20)19-5-4-15-11-19/h4-5,11-13H,6-10H2,1-3H3,(H,16,20). The van der Waals surface area contributed by atoms with Gasteiger partial charge in [-0.25, -0.2) is 9.78 Å². The first-order valence-corrected chi connectivity index (χ1v) is 7.26. The zero-order chi connectivity index (χ0) is 14.5. The Morgan fingerprint density at radius 1 is 1.30 bits per heavy atom. The van der Waals surface area contributed by atoms with Crippen molar-refractivity contribution in [1.82, 2.24) is 24.7 Å². The minimum atomic E-state index is -0.109. The van der Waals surface area contributed by atoms with E-state index in [1.54, 1.807) is 12.4 Å². The molecule has 2 heterocycles. The molecule has 1 atom stereocenters. The van der Waals surface area contributed by atoms with Crippen LogP contribution < -0.4 is 5.32 Å². The normalized spacial score (nSPS) is 19.2. The summed E-state index contributed by atoms with van der Waals surface area (Å²) in [6, 6.07) is 0.276. The van der Waals surface area contributed by atoms with Gasteiger partial charge in [0, 0.05) is 51.2 Å². The number of piperazine rings is 1. The van der Waals surface area contributed by atoms with Crippen molar-refractivity contribution in [3.05, 3.63) is 18.7 Å². The molecule has 1 fully saturated rings. The molecule has 1 unspecified atom stereocenters. The summed E-state index contributed by atoms with van der Waals surface area (Å²) in [6.07, 6.45) is 4.80. The Kier molecular flexibility index (Phi) is 5.14. The van der Waals surface area contributed by atoms with Gasteiger partial charge in [-0.05, 0) is 13.0 Å². The molecule has 1 aromatic heterocycles. The lowest BCUT2D eigenvalue weighted by Gasteiger charge is -2.39. The quantitative estimate of drug-likeness (QED) is 0.882. The van der Waals surface area contributed by atoms with Crippen LogP contribution in [-0.2, 0) is 0 Å². The van der Waals surface area contributed by atoms with Gasteiger partial charge in [-0.2, -0.15) is 0 Å². The lowest BCUT2D eigenvalue weighted by atomic mass is 10.0. The summed E-state index contributed by atoms with van der Waals surface area (Å²) in [5.41, 5.74) is 0. The molecule has 112 valence electrons. The van der Waals surface area contributed by atoms with Gasteiger partial charge in [0.2, 0.25) is 0 Å². The molecule has 6 heteroatoms. The van der Waals surface area contributed by atoms with Crippen molar-refractivity contribution in [3.8, 4) is 0 Å². The van der Waals surface area contributed by atoms with Gasteiger partial charge in [-0.3, -0.25) is 9.47 Å². The third kappa shape index (κ3) is 3.80. The van der Waals surface area contributed by atoms with Crippen LogP contribution in [0, 0.1) is 5.92 Å². The number of carbonyl (C=O) groups excluding carboxylic acids is 1. The van der Waals surface area contributed by atoms with E-state index in [0.717, 1.165) is 26.2 Å². The molecule has 0 radical (unpaired) electrons. The molecule has 20 heavy (non-hydrogen) atoms. The fraction of sp³-hybridized carbons (Fsp3) is 0.714. The lowest BCUT2D eigenvalue weighted by Crippen LogP contribution is -2.54. The van der Waals surface area contributed by atoms with Crippen molar-refractivity contribution in [3.63, 3.8) is 0 Å². The van der Waals surface area contributed by atoms with Gasteiger partial charge in [0.25, 0.3) is 0 Å². The van der Waals surface area contributed by atoms with Crippen molar-refractivity contribution in [2.75, 3.05) is 39.8 Å². The maximum atomic E-state index is 12.0. The second-order valence-electron chi connectivity index (χ2n) is 5.81. The average Bonchev–Trinajstić information content (AvgIpc) is 2.94. The van der Waals surface area contributed by atoms with E-state index in [1.807, 2.05) is 0 Å². The zero-order valence-electron chi connectivity index (χ0n) is 12.6. The van der Waals surface area contributed by atoms with Crippen molar-refractivity contribution >= 4 is 6.03 Å². The topological polar surface area (TPSA) is 53.4 Å². The van der Waals surface area contributed by atoms with Gasteiger partial charge in [-0.15, -0.1) is 0 Å². The van der Waals surface area contributed by atoms with Crippen molar-refractivity contribution in [1.29, 1.82) is 0 Å². The summed E-state index contributed by atoms with van der Waals surface area (Å²) in [4.78, 5) is 20.7. The number of nitrogens with one attached hydrogen (secondary N) is 1. The zero-order valence-corrected chi connectivity index (χ0v) is 12.6. The third-order valence-corrected chi connectivity index (χ3v) is 3.98. The lowest BCUT2D eigenvalue weighted by molar-refractivity contribution is 0.0887. The van der Waals surface area contributed by atoms with Crippen LogP contribution in [-0.4, -0.2) is 71.2 Å². The van der Waals surface area contributed by atoms with Gasteiger partial charge in [0.05, 0.1) is 0 Å². The molecular weight excluding hydrogens is 254 g/mol. The minimum Gasteiger partial charge on any atom is -0.336 e. The number of hydrogen-bond acceptors (Lipinski definition) is 4. The Morgan fingerprint density at radius 2 is 2.00 bits per heavy atom. The molecule has 1 N–H and O–H groups in total. The van der Waals surface area contributed by atoms with E-state index in [4.69, 9.17) is 0 Å². The highest BCUT2D eigenvalue weighted by Gasteiger charge is 2.25. The highest BCUT2D eigenvalue weighted by Crippen LogP contribution is 2.12. The molecule has 0 aliphatic carbocycles. The maximum Gasteiger partial charge on any atom is 0.326 e. The molecule has 1 aliphatic rings. The molecule has 0 saturated carbocycles. The van der Waals surface area contributed by atoms with Crippen LogP contribution in [0.4, 0.5) is 4.79 Å². The van der Waals surface area contributed by atoms with E-state index >= 15 is 0 Å². The van der Waals surface area contributed by atoms with Crippen molar-refractivity contribution < 1.29 is 4.79 Å². The Morgan fingerprint density at radius 3 is 2.55 bits per heavy atom. The van der Waals surface area contributed by atoms with Crippen LogP contribution in [0.3, 0.4) is 0 Å². The summed E-state index contributed by atoms with van der Waals surface area (Å²) in [5.74, 6) is 0.515. The Balaban J connectivity index is 1.88. The number of nitrogens with zero attached hydrogens (tertiary/aromatic N) is 4. The number of carbonyl (C=O) groups is 1.